The molecule has 1 aliphatic carbocycles. The number of carbonyl (C=O) groups is 1. The maximum atomic E-state index is 12.4. The van der Waals surface area contributed by atoms with Crippen LogP contribution < -0.4 is 15.8 Å². The highest BCUT2D eigenvalue weighted by Gasteiger charge is 2.16. The number of aryl methyl sites for hydroxylation is 2. The molecule has 2 aromatic rings. The molecule has 3 N–H and O–H groups in total. The molecule has 0 fully saturated rings. The van der Waals surface area contributed by atoms with Crippen LogP contribution in [0.15, 0.2) is 24.3 Å². The minimum absolute atomic E-state index is 0.169. The quantitative estimate of drug-likeness (QED) is 0.838. The summed E-state index contributed by atoms with van der Waals surface area (Å²) in [4.78, 5) is 21.5. The number of nitrogens with two attached hydrogens (primary N) is 1. The molecule has 0 radical (unpaired) electrons. The van der Waals surface area contributed by atoms with Crippen molar-refractivity contribution in [3.63, 3.8) is 0 Å². The van der Waals surface area contributed by atoms with Gasteiger partial charge in [-0.15, -0.1) is 0 Å². The van der Waals surface area contributed by atoms with Crippen LogP contribution in [0.2, 0.25) is 0 Å². The molecule has 0 saturated heterocycles. The topological polar surface area (TPSA) is 90.1 Å². The number of amides is 1. The molecule has 0 unspecified atom stereocenters. The molecule has 1 aromatic heterocycles. The average Bonchev–Trinajstić information content (AvgIpc) is 2.64. The number of nitrogens with one attached hydrogen (secondary N) is 1. The van der Waals surface area contributed by atoms with E-state index >= 15 is 0 Å². The Kier molecular flexibility index (Phi) is 5.60. The van der Waals surface area contributed by atoms with Crippen molar-refractivity contribution >= 4 is 5.91 Å². The molecule has 0 atom stereocenters. The number of hydrogen-bond acceptors (Lipinski definition) is 5. The van der Waals surface area contributed by atoms with Gasteiger partial charge < -0.3 is 15.8 Å². The van der Waals surface area contributed by atoms with Crippen LogP contribution in [0.4, 0.5) is 0 Å². The fourth-order valence-electron chi connectivity index (χ4n) is 3.09. The lowest BCUT2D eigenvalue weighted by molar-refractivity contribution is 0.0949. The van der Waals surface area contributed by atoms with Gasteiger partial charge in [0.25, 0.3) is 5.91 Å². The van der Waals surface area contributed by atoms with Crippen molar-refractivity contribution in [1.82, 2.24) is 15.3 Å². The molecule has 3 rings (SSSR count). The smallest absolute Gasteiger partial charge is 0.251 e. The number of fused-ring (bicyclic) bond motifs is 1. The molecule has 6 heteroatoms. The molecule has 1 aliphatic rings. The van der Waals surface area contributed by atoms with Crippen molar-refractivity contribution in [2.75, 3.05) is 13.2 Å². The highest BCUT2D eigenvalue weighted by Crippen LogP contribution is 2.21. The van der Waals surface area contributed by atoms with Gasteiger partial charge in [-0.1, -0.05) is 6.07 Å². The Bertz CT molecular complexity index is 761. The highest BCUT2D eigenvalue weighted by molar-refractivity contribution is 5.94. The first-order chi connectivity index (χ1) is 12.2. The van der Waals surface area contributed by atoms with E-state index in [1.54, 1.807) is 18.2 Å². The summed E-state index contributed by atoms with van der Waals surface area (Å²) >= 11 is 0. The summed E-state index contributed by atoms with van der Waals surface area (Å²) in [5.74, 6) is 1.14. The van der Waals surface area contributed by atoms with Crippen molar-refractivity contribution in [1.29, 1.82) is 0 Å². The first-order valence-electron chi connectivity index (χ1n) is 8.74. The number of rotatable bonds is 6. The van der Waals surface area contributed by atoms with E-state index in [-0.39, 0.29) is 5.91 Å². The van der Waals surface area contributed by atoms with E-state index in [2.05, 4.69) is 15.3 Å². The Balaban J connectivity index is 1.65. The molecular formula is C19H24N4O2. The monoisotopic (exact) mass is 340 g/mol. The van der Waals surface area contributed by atoms with Gasteiger partial charge in [-0.25, -0.2) is 9.97 Å². The van der Waals surface area contributed by atoms with Gasteiger partial charge in [0, 0.05) is 23.5 Å². The van der Waals surface area contributed by atoms with Crippen LogP contribution in [0.5, 0.6) is 5.75 Å². The minimum Gasteiger partial charge on any atom is -0.492 e. The van der Waals surface area contributed by atoms with Crippen LogP contribution in [0, 0.1) is 6.92 Å². The van der Waals surface area contributed by atoms with Crippen molar-refractivity contribution < 1.29 is 9.53 Å². The van der Waals surface area contributed by atoms with Gasteiger partial charge in [-0.3, -0.25) is 4.79 Å². The summed E-state index contributed by atoms with van der Waals surface area (Å²) in [7, 11) is 0. The molecule has 1 heterocycles. The zero-order valence-electron chi connectivity index (χ0n) is 14.5. The van der Waals surface area contributed by atoms with Gasteiger partial charge in [0.2, 0.25) is 0 Å². The van der Waals surface area contributed by atoms with Crippen LogP contribution in [-0.4, -0.2) is 29.0 Å². The Labute approximate surface area is 147 Å². The molecule has 132 valence electrons. The van der Waals surface area contributed by atoms with Crippen molar-refractivity contribution in [2.45, 2.75) is 39.2 Å². The predicted octanol–water partition coefficient (Wildman–Crippen LogP) is 1.93. The molecule has 1 aromatic carbocycles. The van der Waals surface area contributed by atoms with Gasteiger partial charge in [0.1, 0.15) is 18.2 Å². The van der Waals surface area contributed by atoms with Crippen LogP contribution in [0.25, 0.3) is 0 Å². The van der Waals surface area contributed by atoms with Crippen LogP contribution in [0.1, 0.15) is 46.0 Å². The van der Waals surface area contributed by atoms with E-state index in [9.17, 15) is 4.79 Å². The number of hydrogen-bond donors (Lipinski definition) is 2. The third kappa shape index (κ3) is 4.33. The lowest BCUT2D eigenvalue weighted by atomic mass is 9.95. The number of aromatic nitrogens is 2. The number of ether oxygens (including phenoxy) is 1. The Hall–Kier alpha value is -2.47. The van der Waals surface area contributed by atoms with E-state index in [4.69, 9.17) is 10.5 Å². The van der Waals surface area contributed by atoms with Crippen molar-refractivity contribution in [2.24, 2.45) is 5.73 Å². The largest absolute Gasteiger partial charge is 0.492 e. The van der Waals surface area contributed by atoms with Crippen molar-refractivity contribution in [3.05, 3.63) is 52.6 Å². The van der Waals surface area contributed by atoms with Crippen LogP contribution >= 0.6 is 0 Å². The first kappa shape index (κ1) is 17.4. The summed E-state index contributed by atoms with van der Waals surface area (Å²) < 4.78 is 5.46. The van der Waals surface area contributed by atoms with Gasteiger partial charge in [0.15, 0.2) is 0 Å². The normalized spacial score (nSPS) is 13.2. The van der Waals surface area contributed by atoms with Crippen LogP contribution in [-0.2, 0) is 19.4 Å². The molecule has 0 spiro atoms. The third-order valence-corrected chi connectivity index (χ3v) is 4.33. The summed E-state index contributed by atoms with van der Waals surface area (Å²) in [6, 6.07) is 7.07. The standard InChI is InChI=1S/C19H24N4O2/c1-13-16-7-2-3-8-17(16)23-18(22-13)12-21-19(24)14-5-4-6-15(11-14)25-10-9-20/h4-6,11H,2-3,7-10,12,20H2,1H3,(H,21,24). The van der Waals surface area contributed by atoms with Gasteiger partial charge in [-0.2, -0.15) is 0 Å². The number of nitrogens with zero attached hydrogens (tertiary/aromatic N) is 2. The number of carbonyl (C=O) groups excluding carboxylic acids is 1. The third-order valence-electron chi connectivity index (χ3n) is 4.33. The first-order valence-corrected chi connectivity index (χ1v) is 8.74. The summed E-state index contributed by atoms with van der Waals surface area (Å²) in [6.45, 7) is 3.20. The number of benzene rings is 1. The molecule has 1 amide bonds. The molecule has 0 aliphatic heterocycles. The van der Waals surface area contributed by atoms with Crippen molar-refractivity contribution in [3.8, 4) is 5.75 Å². The van der Waals surface area contributed by atoms with E-state index < -0.39 is 0 Å². The highest BCUT2D eigenvalue weighted by atomic mass is 16.5. The molecule has 6 nitrogen and oxygen atoms in total. The second-order valence-corrected chi connectivity index (χ2v) is 6.21. The van der Waals surface area contributed by atoms with E-state index in [1.807, 2.05) is 13.0 Å². The Morgan fingerprint density at radius 3 is 2.96 bits per heavy atom. The fraction of sp³-hybridized carbons (Fsp3) is 0.421. The molecule has 0 bridgehead atoms. The average molecular weight is 340 g/mol. The molecule has 0 saturated carbocycles. The summed E-state index contributed by atoms with van der Waals surface area (Å²) in [5.41, 5.74) is 9.43. The SMILES string of the molecule is Cc1nc(CNC(=O)c2cccc(OCCN)c2)nc2c1CCCC2. The fourth-order valence-corrected chi connectivity index (χ4v) is 3.09. The zero-order chi connectivity index (χ0) is 17.6. The Morgan fingerprint density at radius 2 is 2.12 bits per heavy atom. The Morgan fingerprint density at radius 1 is 1.28 bits per heavy atom. The summed E-state index contributed by atoms with van der Waals surface area (Å²) in [6.07, 6.45) is 4.43. The van der Waals surface area contributed by atoms with Gasteiger partial charge >= 0.3 is 0 Å². The van der Waals surface area contributed by atoms with E-state index in [1.165, 1.54) is 18.4 Å². The minimum atomic E-state index is -0.169. The predicted molar refractivity (Wildman–Crippen MR) is 95.6 cm³/mol. The second-order valence-electron chi connectivity index (χ2n) is 6.21. The second kappa shape index (κ2) is 8.07. The lowest BCUT2D eigenvalue weighted by Gasteiger charge is -2.17. The van der Waals surface area contributed by atoms with E-state index in [0.717, 1.165) is 24.2 Å². The lowest BCUT2D eigenvalue weighted by Crippen LogP contribution is -2.25. The van der Waals surface area contributed by atoms with E-state index in [0.29, 0.717) is 36.8 Å². The molecular weight excluding hydrogens is 316 g/mol. The van der Waals surface area contributed by atoms with Crippen LogP contribution in [0.3, 0.4) is 0 Å². The maximum absolute atomic E-state index is 12.4. The maximum Gasteiger partial charge on any atom is 0.251 e. The zero-order valence-corrected chi connectivity index (χ0v) is 14.5. The molecule has 25 heavy (non-hydrogen) atoms. The van der Waals surface area contributed by atoms with Gasteiger partial charge in [0.05, 0.1) is 6.54 Å². The summed E-state index contributed by atoms with van der Waals surface area (Å²) in [5, 5.41) is 2.89. The van der Waals surface area contributed by atoms with Gasteiger partial charge in [-0.05, 0) is 56.4 Å².